The van der Waals surface area contributed by atoms with Crippen LogP contribution >= 0.6 is 0 Å². The summed E-state index contributed by atoms with van der Waals surface area (Å²) in [6, 6.07) is 31.9. The lowest BCUT2D eigenvalue weighted by Crippen LogP contribution is -3.07. The molecule has 1 aliphatic heterocycles. The molecule has 0 spiro atoms. The molecule has 11 heteroatoms. The van der Waals surface area contributed by atoms with Gasteiger partial charge in [0, 0.05) is 6.42 Å². The van der Waals surface area contributed by atoms with Gasteiger partial charge >= 0.3 is 0 Å². The number of benzene rings is 4. The Balaban J connectivity index is 0.000000826. The van der Waals surface area contributed by atoms with Crippen molar-refractivity contribution in [2.24, 2.45) is 10.1 Å². The maximum Gasteiger partial charge on any atom is 0.216 e. The van der Waals surface area contributed by atoms with Crippen LogP contribution in [0.2, 0.25) is 0 Å². The summed E-state index contributed by atoms with van der Waals surface area (Å²) in [6.07, 6.45) is 3.59. The molecule has 10 nitrogen and oxygen atoms in total. The van der Waals surface area contributed by atoms with E-state index in [9.17, 15) is 13.7 Å². The fourth-order valence-corrected chi connectivity index (χ4v) is 5.74. The molecule has 0 amide bonds. The molecule has 0 bridgehead atoms. The number of quaternary nitrogens is 1. The minimum Gasteiger partial charge on any atom is -0.356 e. The smallest absolute Gasteiger partial charge is 0.216 e. The summed E-state index contributed by atoms with van der Waals surface area (Å²) in [6.45, 7) is 0.362. The van der Waals surface area contributed by atoms with Crippen molar-refractivity contribution in [3.05, 3.63) is 124 Å². The van der Waals surface area contributed by atoms with Crippen LogP contribution in [-0.4, -0.2) is 32.7 Å². The number of nitrogens with zero attached hydrogens (tertiary/aromatic N) is 4. The number of rotatable bonds is 7. The number of hydrogen-bond acceptors (Lipinski definition) is 8. The average Bonchev–Trinajstić information content (AvgIpc) is 3.46. The summed E-state index contributed by atoms with van der Waals surface area (Å²) in [4.78, 5) is 12.7. The molecule has 196 valence electrons. The monoisotopic (exact) mass is 541 g/mol. The Morgan fingerprint density at radius 1 is 0.872 bits per heavy atom. The van der Waals surface area contributed by atoms with Crippen LogP contribution in [0.15, 0.2) is 117 Å². The number of nitriles is 1. The molecule has 0 aliphatic carbocycles. The van der Waals surface area contributed by atoms with Crippen LogP contribution in [0.3, 0.4) is 0 Å². The van der Waals surface area contributed by atoms with E-state index in [1.165, 1.54) is 6.34 Å². The molecule has 2 atom stereocenters. The third kappa shape index (κ3) is 6.32. The van der Waals surface area contributed by atoms with Gasteiger partial charge in [-0.15, -0.1) is 0 Å². The molecular weight excluding hydrogens is 518 g/mol. The highest BCUT2D eigenvalue weighted by atomic mass is 32.2. The van der Waals surface area contributed by atoms with Gasteiger partial charge < -0.3 is 15.3 Å². The van der Waals surface area contributed by atoms with Gasteiger partial charge in [-0.05, 0) is 46.2 Å². The molecule has 2 unspecified atom stereocenters. The van der Waals surface area contributed by atoms with Crippen LogP contribution in [0.5, 0.6) is 0 Å². The van der Waals surface area contributed by atoms with Gasteiger partial charge in [0.05, 0.1) is 20.9 Å². The third-order valence-corrected chi connectivity index (χ3v) is 8.09. The lowest BCUT2D eigenvalue weighted by atomic mass is 9.76. The van der Waals surface area contributed by atoms with Gasteiger partial charge in [0.1, 0.15) is 12.0 Å². The number of nitrogens with one attached hydrogen (secondary N) is 1. The van der Waals surface area contributed by atoms with E-state index in [0.29, 0.717) is 18.0 Å². The van der Waals surface area contributed by atoms with Crippen LogP contribution in [0.4, 0.5) is 0 Å². The second kappa shape index (κ2) is 11.6. The van der Waals surface area contributed by atoms with Gasteiger partial charge in [-0.1, -0.05) is 77.9 Å². The Kier molecular flexibility index (Phi) is 8.10. The first-order valence-electron chi connectivity index (χ1n) is 11.8. The van der Waals surface area contributed by atoms with Gasteiger partial charge in [0.15, 0.2) is 6.34 Å². The zero-order valence-electron chi connectivity index (χ0n) is 20.5. The van der Waals surface area contributed by atoms with E-state index in [-0.39, 0.29) is 9.79 Å². The lowest BCUT2D eigenvalue weighted by Gasteiger charge is -2.27. The average molecular weight is 542 g/mol. The number of sulfone groups is 1. The predicted molar refractivity (Wildman–Crippen MR) is 146 cm³/mol. The minimum atomic E-state index is -3.65. The highest BCUT2D eigenvalue weighted by Gasteiger charge is 2.38. The predicted octanol–water partition coefficient (Wildman–Crippen LogP) is 3.31. The normalized spacial score (nSPS) is 15.6. The summed E-state index contributed by atoms with van der Waals surface area (Å²) < 4.78 is 26.1. The number of fused-ring (bicyclic) bond motifs is 1. The van der Waals surface area contributed by atoms with E-state index in [1.807, 2.05) is 18.2 Å². The van der Waals surface area contributed by atoms with E-state index in [0.717, 1.165) is 21.9 Å². The molecule has 1 heterocycles. The van der Waals surface area contributed by atoms with Crippen molar-refractivity contribution in [2.45, 2.75) is 21.6 Å². The zero-order valence-corrected chi connectivity index (χ0v) is 21.4. The molecule has 0 saturated heterocycles. The lowest BCUT2D eigenvalue weighted by molar-refractivity contribution is -0.807. The van der Waals surface area contributed by atoms with Crippen LogP contribution in [0.25, 0.3) is 10.8 Å². The first-order valence-corrected chi connectivity index (χ1v) is 13.2. The number of hydrogen-bond donors (Lipinski definition) is 1. The number of aliphatic imine (C=N–C) groups is 1. The maximum atomic E-state index is 13.1. The molecule has 0 saturated carbocycles. The molecule has 0 fully saturated rings. The highest BCUT2D eigenvalue weighted by molar-refractivity contribution is 7.91. The summed E-state index contributed by atoms with van der Waals surface area (Å²) in [7, 11) is -3.65. The van der Waals surface area contributed by atoms with Crippen molar-refractivity contribution < 1.29 is 18.5 Å². The van der Waals surface area contributed by atoms with E-state index < -0.39 is 20.3 Å². The van der Waals surface area contributed by atoms with Crippen molar-refractivity contribution in [2.75, 3.05) is 6.54 Å². The highest BCUT2D eigenvalue weighted by Crippen LogP contribution is 2.31. The molecule has 4 aromatic rings. The minimum absolute atomic E-state index is 0.193. The van der Waals surface area contributed by atoms with Gasteiger partial charge in [0.2, 0.25) is 16.2 Å². The topological polar surface area (TPSA) is 153 Å². The summed E-state index contributed by atoms with van der Waals surface area (Å²) in [5, 5.41) is 32.5. The Morgan fingerprint density at radius 3 is 2.10 bits per heavy atom. The Morgan fingerprint density at radius 2 is 1.49 bits per heavy atom. The second-order valence-corrected chi connectivity index (χ2v) is 10.8. The van der Waals surface area contributed by atoms with Crippen molar-refractivity contribution >= 4 is 33.3 Å². The molecular formula is C28H23N5O5S. The van der Waals surface area contributed by atoms with Gasteiger partial charge in [-0.2, -0.15) is 15.3 Å². The molecule has 1 aliphatic rings. The Hall–Kier alpha value is -4.92. The summed E-state index contributed by atoms with van der Waals surface area (Å²) in [5.74, 6) is 0. The largest absolute Gasteiger partial charge is 0.356 e. The zero-order chi connectivity index (χ0) is 27.9. The van der Waals surface area contributed by atoms with Crippen molar-refractivity contribution in [1.29, 1.82) is 5.26 Å². The van der Waals surface area contributed by atoms with E-state index >= 15 is 0 Å². The molecule has 0 radical (unpaired) electrons. The van der Waals surface area contributed by atoms with Crippen LogP contribution in [0.1, 0.15) is 11.1 Å². The van der Waals surface area contributed by atoms with Crippen LogP contribution < -0.4 is 5.01 Å². The standard InChI is InChI=1S/C28H22N4O2S.NO3/c29-18-28(19-32-21-30-20-31-32,17-22-10-11-23-6-4-5-7-24(23)16-22)25-12-14-27(15-13-25)35(33,34)26-8-2-1-3-9-26;2-1(3)4/h1-16,20-21H,17,19H2;/q;-1/p+1. The van der Waals surface area contributed by atoms with Gasteiger partial charge in [-0.3, -0.25) is 0 Å². The van der Waals surface area contributed by atoms with E-state index in [2.05, 4.69) is 40.4 Å². The van der Waals surface area contributed by atoms with Crippen molar-refractivity contribution in [3.63, 3.8) is 0 Å². The third-order valence-electron chi connectivity index (χ3n) is 6.30. The summed E-state index contributed by atoms with van der Waals surface area (Å²) in [5.41, 5.74) is 0.814. The van der Waals surface area contributed by atoms with E-state index in [1.54, 1.807) is 60.9 Å². The van der Waals surface area contributed by atoms with Crippen molar-refractivity contribution in [1.82, 2.24) is 0 Å². The molecule has 5 rings (SSSR count). The quantitative estimate of drug-likeness (QED) is 0.280. The fourth-order valence-electron chi connectivity index (χ4n) is 4.46. The Bertz CT molecular complexity index is 1670. The first kappa shape index (κ1) is 27.1. The van der Waals surface area contributed by atoms with E-state index in [4.69, 9.17) is 15.3 Å². The molecule has 39 heavy (non-hydrogen) atoms. The SMILES string of the molecule is N#CC(Cc1ccc2ccccc2c1)(C[NH+]1C=NC=N1)c1ccc(S(=O)(=O)c2ccccc2)cc1.O=[N+]([O-])[O-]. The molecule has 1 N–H and O–H groups in total. The van der Waals surface area contributed by atoms with Gasteiger partial charge in [0.25, 0.3) is 0 Å². The summed E-state index contributed by atoms with van der Waals surface area (Å²) >= 11 is 0. The fraction of sp³-hybridized carbons (Fsp3) is 0.107. The van der Waals surface area contributed by atoms with Crippen LogP contribution in [0, 0.1) is 26.7 Å². The van der Waals surface area contributed by atoms with Crippen LogP contribution in [-0.2, 0) is 21.7 Å². The molecule has 0 aromatic heterocycles. The molecule has 4 aromatic carbocycles. The first-order chi connectivity index (χ1) is 18.7. The van der Waals surface area contributed by atoms with Gasteiger partial charge in [-0.25, -0.2) is 8.42 Å². The van der Waals surface area contributed by atoms with Crippen molar-refractivity contribution in [3.8, 4) is 6.07 Å². The second-order valence-electron chi connectivity index (χ2n) is 8.81. The Labute approximate surface area is 224 Å². The maximum absolute atomic E-state index is 13.1.